The van der Waals surface area contributed by atoms with Gasteiger partial charge in [0.2, 0.25) is 10.0 Å². The lowest BCUT2D eigenvalue weighted by Gasteiger charge is -2.40. The van der Waals surface area contributed by atoms with Gasteiger partial charge in [-0.1, -0.05) is 26.8 Å². The Morgan fingerprint density at radius 2 is 2.04 bits per heavy atom. The second kappa shape index (κ2) is 7.43. The molecular weight excluding hydrogens is 340 g/mol. The predicted molar refractivity (Wildman–Crippen MR) is 96.8 cm³/mol. The third kappa shape index (κ3) is 5.03. The summed E-state index contributed by atoms with van der Waals surface area (Å²) in [6.45, 7) is 9.30. The maximum Gasteiger partial charge on any atom is 0.251 e. The number of amides is 1. The second-order valence-corrected chi connectivity index (χ2v) is 9.32. The minimum absolute atomic E-state index is 0.000467. The van der Waals surface area contributed by atoms with Crippen molar-refractivity contribution in [2.24, 2.45) is 16.5 Å². The summed E-state index contributed by atoms with van der Waals surface area (Å²) in [6.07, 6.45) is 2.06. The van der Waals surface area contributed by atoms with Crippen LogP contribution in [0.15, 0.2) is 23.1 Å². The summed E-state index contributed by atoms with van der Waals surface area (Å²) in [4.78, 5) is 12.4. The van der Waals surface area contributed by atoms with Crippen LogP contribution in [0.3, 0.4) is 0 Å². The summed E-state index contributed by atoms with van der Waals surface area (Å²) in [7, 11) is -3.85. The van der Waals surface area contributed by atoms with Gasteiger partial charge in [0.1, 0.15) is 0 Å². The zero-order valence-electron chi connectivity index (χ0n) is 15.3. The number of rotatable bonds is 4. The Kier molecular flexibility index (Phi) is 5.91. The van der Waals surface area contributed by atoms with E-state index in [9.17, 15) is 13.2 Å². The standard InChI is InChI=1S/C18H28N2O4S/c1-12-7-8-13(10-15(12)25(19,22)23)17(21)20-11-14-6-5-9-24-16(14)18(2,3)4/h7-8,10,14,16H,5-6,9,11H2,1-4H3,(H,20,21)(H2,19,22,23)/t14-,16-/m0/s1. The number of primary sulfonamides is 1. The molecule has 140 valence electrons. The van der Waals surface area contributed by atoms with E-state index >= 15 is 0 Å². The number of nitrogens with one attached hydrogen (secondary N) is 1. The van der Waals surface area contributed by atoms with Gasteiger partial charge >= 0.3 is 0 Å². The lowest BCUT2D eigenvalue weighted by Crippen LogP contribution is -2.45. The summed E-state index contributed by atoms with van der Waals surface area (Å²) in [5.74, 6) is -0.0657. The maximum atomic E-state index is 12.4. The highest BCUT2D eigenvalue weighted by atomic mass is 32.2. The molecule has 3 N–H and O–H groups in total. The summed E-state index contributed by atoms with van der Waals surface area (Å²) < 4.78 is 29.2. The van der Waals surface area contributed by atoms with Crippen LogP contribution in [-0.2, 0) is 14.8 Å². The smallest absolute Gasteiger partial charge is 0.251 e. The molecule has 0 aliphatic carbocycles. The van der Waals surface area contributed by atoms with Crippen molar-refractivity contribution in [1.82, 2.24) is 5.32 Å². The van der Waals surface area contributed by atoms with E-state index in [-0.39, 0.29) is 28.2 Å². The molecule has 0 aromatic heterocycles. The molecule has 0 spiro atoms. The van der Waals surface area contributed by atoms with Crippen molar-refractivity contribution in [2.45, 2.75) is 51.5 Å². The third-order valence-corrected chi connectivity index (χ3v) is 5.63. The number of aryl methyl sites for hydroxylation is 1. The summed E-state index contributed by atoms with van der Waals surface area (Å²) >= 11 is 0. The molecule has 1 aromatic rings. The molecule has 1 aromatic carbocycles. The highest BCUT2D eigenvalue weighted by Gasteiger charge is 2.35. The van der Waals surface area contributed by atoms with Crippen LogP contribution in [0.1, 0.15) is 49.5 Å². The van der Waals surface area contributed by atoms with Crippen molar-refractivity contribution in [3.05, 3.63) is 29.3 Å². The van der Waals surface area contributed by atoms with Crippen molar-refractivity contribution in [3.63, 3.8) is 0 Å². The number of carbonyl (C=O) groups excluding carboxylic acids is 1. The van der Waals surface area contributed by atoms with Gasteiger partial charge in [-0.05, 0) is 42.9 Å². The molecule has 0 bridgehead atoms. The van der Waals surface area contributed by atoms with E-state index in [1.165, 1.54) is 6.07 Å². The van der Waals surface area contributed by atoms with Gasteiger partial charge in [-0.25, -0.2) is 13.6 Å². The first-order chi connectivity index (χ1) is 11.5. The number of nitrogens with two attached hydrogens (primary N) is 1. The van der Waals surface area contributed by atoms with Gasteiger partial charge in [0, 0.05) is 24.6 Å². The lowest BCUT2D eigenvalue weighted by molar-refractivity contribution is -0.0839. The third-order valence-electron chi connectivity index (χ3n) is 4.58. The molecule has 1 aliphatic heterocycles. The molecule has 1 amide bonds. The van der Waals surface area contributed by atoms with Crippen LogP contribution >= 0.6 is 0 Å². The number of benzene rings is 1. The Labute approximate surface area is 150 Å². The van der Waals surface area contributed by atoms with Crippen molar-refractivity contribution < 1.29 is 17.9 Å². The Hall–Kier alpha value is -1.44. The van der Waals surface area contributed by atoms with E-state index in [2.05, 4.69) is 26.1 Å². The summed E-state index contributed by atoms with van der Waals surface area (Å²) in [6, 6.07) is 4.53. The highest BCUT2D eigenvalue weighted by molar-refractivity contribution is 7.89. The molecule has 1 fully saturated rings. The maximum absolute atomic E-state index is 12.4. The Bertz CT molecular complexity index is 738. The topological polar surface area (TPSA) is 98.5 Å². The average molecular weight is 368 g/mol. The van der Waals surface area contributed by atoms with Crippen LogP contribution in [0.5, 0.6) is 0 Å². The molecule has 0 unspecified atom stereocenters. The fourth-order valence-electron chi connectivity index (χ4n) is 3.38. The van der Waals surface area contributed by atoms with Gasteiger partial charge in [-0.15, -0.1) is 0 Å². The van der Waals surface area contributed by atoms with E-state index in [0.717, 1.165) is 19.4 Å². The fraction of sp³-hybridized carbons (Fsp3) is 0.611. The number of sulfonamides is 1. The van der Waals surface area contributed by atoms with Gasteiger partial charge in [0.25, 0.3) is 5.91 Å². The molecule has 6 nitrogen and oxygen atoms in total. The van der Waals surface area contributed by atoms with Crippen molar-refractivity contribution in [3.8, 4) is 0 Å². The molecule has 2 atom stereocenters. The van der Waals surface area contributed by atoms with Crippen LogP contribution in [0, 0.1) is 18.3 Å². The van der Waals surface area contributed by atoms with Crippen LogP contribution in [0.25, 0.3) is 0 Å². The summed E-state index contributed by atoms with van der Waals surface area (Å²) in [5, 5.41) is 8.12. The monoisotopic (exact) mass is 368 g/mol. The van der Waals surface area contributed by atoms with E-state index in [4.69, 9.17) is 9.88 Å². The molecule has 1 aliphatic rings. The van der Waals surface area contributed by atoms with Crippen molar-refractivity contribution in [2.75, 3.05) is 13.2 Å². The highest BCUT2D eigenvalue weighted by Crippen LogP contribution is 2.33. The van der Waals surface area contributed by atoms with E-state index in [0.29, 0.717) is 17.7 Å². The molecule has 25 heavy (non-hydrogen) atoms. The normalized spacial score (nSPS) is 21.8. The largest absolute Gasteiger partial charge is 0.377 e. The number of hydrogen-bond donors (Lipinski definition) is 2. The van der Waals surface area contributed by atoms with Crippen molar-refractivity contribution in [1.29, 1.82) is 0 Å². The number of carbonyl (C=O) groups is 1. The molecule has 1 heterocycles. The molecule has 1 saturated heterocycles. The first-order valence-corrected chi connectivity index (χ1v) is 10.1. The fourth-order valence-corrected chi connectivity index (χ4v) is 4.19. The van der Waals surface area contributed by atoms with Crippen LogP contribution in [-0.4, -0.2) is 33.6 Å². The quantitative estimate of drug-likeness (QED) is 0.851. The first kappa shape index (κ1) is 19.9. The zero-order valence-corrected chi connectivity index (χ0v) is 16.2. The molecule has 0 radical (unpaired) electrons. The number of ether oxygens (including phenoxy) is 1. The SMILES string of the molecule is Cc1ccc(C(=O)NC[C@@H]2CCCO[C@@H]2C(C)(C)C)cc1S(N)(=O)=O. The van der Waals surface area contributed by atoms with Gasteiger partial charge in [-0.3, -0.25) is 4.79 Å². The predicted octanol–water partition coefficient (Wildman–Crippen LogP) is 2.21. The van der Waals surface area contributed by atoms with E-state index < -0.39 is 10.0 Å². The lowest BCUT2D eigenvalue weighted by atomic mass is 9.78. The van der Waals surface area contributed by atoms with Gasteiger partial charge in [0.05, 0.1) is 11.0 Å². The van der Waals surface area contributed by atoms with E-state index in [1.807, 2.05) is 0 Å². The van der Waals surface area contributed by atoms with Crippen molar-refractivity contribution >= 4 is 15.9 Å². The van der Waals surface area contributed by atoms with Gasteiger partial charge in [0.15, 0.2) is 0 Å². The minimum atomic E-state index is -3.85. The molecule has 0 saturated carbocycles. The number of hydrogen-bond acceptors (Lipinski definition) is 4. The molecular formula is C18H28N2O4S. The van der Waals surface area contributed by atoms with Gasteiger partial charge < -0.3 is 10.1 Å². The van der Waals surface area contributed by atoms with Crippen LogP contribution in [0.2, 0.25) is 0 Å². The van der Waals surface area contributed by atoms with Crippen LogP contribution < -0.4 is 10.5 Å². The zero-order chi connectivity index (χ0) is 18.8. The Morgan fingerprint density at radius 3 is 2.64 bits per heavy atom. The van der Waals surface area contributed by atoms with E-state index in [1.54, 1.807) is 19.1 Å². The first-order valence-electron chi connectivity index (χ1n) is 8.53. The molecule has 2 rings (SSSR count). The minimum Gasteiger partial charge on any atom is -0.377 e. The Morgan fingerprint density at radius 1 is 1.36 bits per heavy atom. The Balaban J connectivity index is 2.10. The second-order valence-electron chi connectivity index (χ2n) is 7.80. The summed E-state index contributed by atoms with van der Waals surface area (Å²) in [5.41, 5.74) is 0.812. The average Bonchev–Trinajstić information content (AvgIpc) is 2.51. The van der Waals surface area contributed by atoms with Gasteiger partial charge in [-0.2, -0.15) is 0 Å². The van der Waals surface area contributed by atoms with Crippen LogP contribution in [0.4, 0.5) is 0 Å². The molecule has 7 heteroatoms.